The van der Waals surface area contributed by atoms with Crippen LogP contribution in [-0.2, 0) is 16.3 Å². The third-order valence-electron chi connectivity index (χ3n) is 4.69. The van der Waals surface area contributed by atoms with Crippen molar-refractivity contribution in [3.8, 4) is 0 Å². The fourth-order valence-electron chi connectivity index (χ4n) is 3.24. The van der Waals surface area contributed by atoms with Crippen LogP contribution >= 0.6 is 0 Å². The predicted molar refractivity (Wildman–Crippen MR) is 103 cm³/mol. The zero-order chi connectivity index (χ0) is 19.7. The normalized spacial score (nSPS) is 14.1. The average Bonchev–Trinajstić information content (AvgIpc) is 3.20. The number of carbonyl (C=O) groups is 2. The molecule has 2 heterocycles. The van der Waals surface area contributed by atoms with Gasteiger partial charge in [0.05, 0.1) is 22.6 Å². The van der Waals surface area contributed by atoms with Crippen LogP contribution < -0.4 is 0 Å². The topological polar surface area (TPSA) is 97.6 Å². The summed E-state index contributed by atoms with van der Waals surface area (Å²) in [6.07, 6.45) is 0.762. The van der Waals surface area contributed by atoms with E-state index in [1.165, 1.54) is 0 Å². The lowest BCUT2D eigenvalue weighted by atomic mass is 10.1. The van der Waals surface area contributed by atoms with Crippen LogP contribution in [0.2, 0.25) is 0 Å². The predicted octanol–water partition coefficient (Wildman–Crippen LogP) is 2.47. The SMILES string of the molecule is O=C1c2ccccc2C(=O)N1CCS(=O)(=O)CCCc1nc2ccccc2o1. The van der Waals surface area contributed by atoms with E-state index in [-0.39, 0.29) is 18.1 Å². The van der Waals surface area contributed by atoms with E-state index in [0.29, 0.717) is 35.4 Å². The Morgan fingerprint density at radius 2 is 1.54 bits per heavy atom. The van der Waals surface area contributed by atoms with Crippen molar-refractivity contribution in [2.24, 2.45) is 0 Å². The van der Waals surface area contributed by atoms with Crippen molar-refractivity contribution in [3.05, 3.63) is 65.5 Å². The molecule has 7 nitrogen and oxygen atoms in total. The van der Waals surface area contributed by atoms with Crippen molar-refractivity contribution < 1.29 is 22.4 Å². The Morgan fingerprint density at radius 1 is 0.893 bits per heavy atom. The summed E-state index contributed by atoms with van der Waals surface area (Å²) in [7, 11) is -3.42. The van der Waals surface area contributed by atoms with Crippen LogP contribution in [0.1, 0.15) is 33.0 Å². The number of carbonyl (C=O) groups excluding carboxylic acids is 2. The van der Waals surface area contributed by atoms with Crippen LogP contribution in [0.3, 0.4) is 0 Å². The maximum Gasteiger partial charge on any atom is 0.261 e. The van der Waals surface area contributed by atoms with Crippen molar-refractivity contribution >= 4 is 32.8 Å². The molecule has 144 valence electrons. The number of fused-ring (bicyclic) bond motifs is 2. The number of hydrogen-bond acceptors (Lipinski definition) is 6. The maximum absolute atomic E-state index is 12.3. The molecule has 0 saturated carbocycles. The van der Waals surface area contributed by atoms with Gasteiger partial charge in [-0.25, -0.2) is 13.4 Å². The number of hydrogen-bond donors (Lipinski definition) is 0. The number of nitrogens with zero attached hydrogens (tertiary/aromatic N) is 2. The zero-order valence-electron chi connectivity index (χ0n) is 15.0. The monoisotopic (exact) mass is 398 g/mol. The molecule has 2 aromatic carbocycles. The third-order valence-corrected chi connectivity index (χ3v) is 6.40. The van der Waals surface area contributed by atoms with Gasteiger partial charge in [0.1, 0.15) is 5.52 Å². The number of imide groups is 1. The fourth-order valence-corrected chi connectivity index (χ4v) is 4.49. The third kappa shape index (κ3) is 3.55. The summed E-state index contributed by atoms with van der Waals surface area (Å²) in [4.78, 5) is 29.9. The molecule has 0 bridgehead atoms. The van der Waals surface area contributed by atoms with Gasteiger partial charge in [-0.15, -0.1) is 0 Å². The molecule has 4 rings (SSSR count). The lowest BCUT2D eigenvalue weighted by Gasteiger charge is -2.13. The molecule has 8 heteroatoms. The molecular weight excluding hydrogens is 380 g/mol. The number of sulfone groups is 1. The Labute approximate surface area is 161 Å². The van der Waals surface area contributed by atoms with E-state index >= 15 is 0 Å². The second-order valence-corrected chi connectivity index (χ2v) is 8.94. The summed E-state index contributed by atoms with van der Waals surface area (Å²) in [5.41, 5.74) is 2.05. The summed E-state index contributed by atoms with van der Waals surface area (Å²) >= 11 is 0. The first kappa shape index (κ1) is 18.4. The quantitative estimate of drug-likeness (QED) is 0.567. The molecule has 2 amide bonds. The second kappa shape index (κ2) is 7.20. The first-order valence-corrected chi connectivity index (χ1v) is 10.8. The van der Waals surface area contributed by atoms with Crippen molar-refractivity contribution in [1.29, 1.82) is 0 Å². The van der Waals surface area contributed by atoms with Gasteiger partial charge in [-0.1, -0.05) is 24.3 Å². The molecular formula is C20H18N2O5S. The standard InChI is InChI=1S/C20H18N2O5S/c23-19-14-6-1-2-7-15(14)20(24)22(19)11-13-28(25,26)12-5-10-18-21-16-8-3-4-9-17(16)27-18/h1-4,6-9H,5,10-13H2. The summed E-state index contributed by atoms with van der Waals surface area (Å²) in [6, 6.07) is 13.9. The van der Waals surface area contributed by atoms with E-state index in [0.717, 1.165) is 10.4 Å². The fraction of sp³-hybridized carbons (Fsp3) is 0.250. The minimum absolute atomic E-state index is 0.0606. The summed E-state index contributed by atoms with van der Waals surface area (Å²) in [6.45, 7) is -0.141. The Hall–Kier alpha value is -3.00. The van der Waals surface area contributed by atoms with Gasteiger partial charge in [0, 0.05) is 13.0 Å². The van der Waals surface area contributed by atoms with E-state index in [9.17, 15) is 18.0 Å². The minimum atomic E-state index is -3.42. The highest BCUT2D eigenvalue weighted by Gasteiger charge is 2.35. The summed E-state index contributed by atoms with van der Waals surface area (Å²) in [5.74, 6) is -0.706. The maximum atomic E-state index is 12.3. The Balaban J connectivity index is 1.32. The smallest absolute Gasteiger partial charge is 0.261 e. The number of rotatable bonds is 7. The summed E-state index contributed by atoms with van der Waals surface area (Å²) < 4.78 is 30.3. The molecule has 0 unspecified atom stereocenters. The van der Waals surface area contributed by atoms with Gasteiger partial charge in [0.2, 0.25) is 0 Å². The largest absolute Gasteiger partial charge is 0.441 e. The lowest BCUT2D eigenvalue weighted by molar-refractivity contribution is 0.0664. The van der Waals surface area contributed by atoms with Gasteiger partial charge in [0.25, 0.3) is 11.8 Å². The first-order chi connectivity index (χ1) is 13.4. The van der Waals surface area contributed by atoms with Gasteiger partial charge in [0.15, 0.2) is 21.3 Å². The van der Waals surface area contributed by atoms with Crippen LogP contribution in [-0.4, -0.2) is 48.2 Å². The molecule has 0 saturated heterocycles. The van der Waals surface area contributed by atoms with Crippen LogP contribution in [0.15, 0.2) is 52.9 Å². The van der Waals surface area contributed by atoms with Gasteiger partial charge >= 0.3 is 0 Å². The van der Waals surface area contributed by atoms with E-state index < -0.39 is 21.7 Å². The molecule has 0 radical (unpaired) electrons. The van der Waals surface area contributed by atoms with Gasteiger partial charge in [-0.3, -0.25) is 14.5 Å². The molecule has 28 heavy (non-hydrogen) atoms. The first-order valence-electron chi connectivity index (χ1n) is 8.95. The number of para-hydroxylation sites is 2. The van der Waals surface area contributed by atoms with E-state index in [4.69, 9.17) is 4.42 Å². The second-order valence-electron chi connectivity index (χ2n) is 6.64. The van der Waals surface area contributed by atoms with E-state index in [1.807, 2.05) is 24.3 Å². The molecule has 0 spiro atoms. The average molecular weight is 398 g/mol. The van der Waals surface area contributed by atoms with Crippen LogP contribution in [0.4, 0.5) is 0 Å². The Morgan fingerprint density at radius 3 is 2.21 bits per heavy atom. The van der Waals surface area contributed by atoms with Gasteiger partial charge < -0.3 is 4.42 Å². The molecule has 0 atom stereocenters. The molecule has 1 aliphatic rings. The molecule has 3 aromatic rings. The number of oxazole rings is 1. The molecule has 1 aromatic heterocycles. The van der Waals surface area contributed by atoms with Crippen molar-refractivity contribution in [2.45, 2.75) is 12.8 Å². The summed E-state index contributed by atoms with van der Waals surface area (Å²) in [5, 5.41) is 0. The van der Waals surface area contributed by atoms with E-state index in [1.54, 1.807) is 24.3 Å². The van der Waals surface area contributed by atoms with Crippen molar-refractivity contribution in [1.82, 2.24) is 9.88 Å². The highest BCUT2D eigenvalue weighted by molar-refractivity contribution is 7.91. The number of aromatic nitrogens is 1. The zero-order valence-corrected chi connectivity index (χ0v) is 15.8. The van der Waals surface area contributed by atoms with E-state index in [2.05, 4.69) is 4.98 Å². The van der Waals surface area contributed by atoms with Gasteiger partial charge in [-0.2, -0.15) is 0 Å². The molecule has 0 N–H and O–H groups in total. The minimum Gasteiger partial charge on any atom is -0.441 e. The van der Waals surface area contributed by atoms with Crippen molar-refractivity contribution in [2.75, 3.05) is 18.1 Å². The number of amides is 2. The number of benzene rings is 2. The van der Waals surface area contributed by atoms with Crippen LogP contribution in [0.25, 0.3) is 11.1 Å². The molecule has 1 aliphatic heterocycles. The van der Waals surface area contributed by atoms with Crippen molar-refractivity contribution in [3.63, 3.8) is 0 Å². The molecule has 0 aliphatic carbocycles. The van der Waals surface area contributed by atoms with Gasteiger partial charge in [-0.05, 0) is 30.7 Å². The van der Waals surface area contributed by atoms with Crippen LogP contribution in [0.5, 0.6) is 0 Å². The Bertz CT molecular complexity index is 1100. The highest BCUT2D eigenvalue weighted by Crippen LogP contribution is 2.22. The highest BCUT2D eigenvalue weighted by atomic mass is 32.2. The molecule has 0 fully saturated rings. The number of aryl methyl sites for hydroxylation is 1. The Kier molecular flexibility index (Phi) is 4.72. The van der Waals surface area contributed by atoms with Crippen LogP contribution in [0, 0.1) is 0 Å². The lowest BCUT2D eigenvalue weighted by Crippen LogP contribution is -2.34.